The van der Waals surface area contributed by atoms with Crippen molar-refractivity contribution in [2.45, 2.75) is 6.61 Å². The van der Waals surface area contributed by atoms with Gasteiger partial charge in [-0.15, -0.1) is 0 Å². The minimum absolute atomic E-state index is 0.0378. The lowest BCUT2D eigenvalue weighted by molar-refractivity contribution is -0.132. The predicted octanol–water partition coefficient (Wildman–Crippen LogP) is 2.56. The average Bonchev–Trinajstić information content (AvgIpc) is 2.73. The molecule has 1 aliphatic rings. The average molecular weight is 410 g/mol. The van der Waals surface area contributed by atoms with Crippen molar-refractivity contribution in [2.75, 3.05) is 14.1 Å². The Kier molecular flexibility index (Phi) is 5.74. The highest BCUT2D eigenvalue weighted by Crippen LogP contribution is 2.20. The van der Waals surface area contributed by atoms with Crippen LogP contribution in [0.25, 0.3) is 6.08 Å². The maximum absolute atomic E-state index is 12.3. The molecule has 1 heterocycles. The summed E-state index contributed by atoms with van der Waals surface area (Å²) in [6.07, 6.45) is 1.52. The standard InChI is InChI=1S/C21H18N2O5S/c1-22-18(24)17(19(25)23(2)21(22)29)11-13-5-9-16(10-6-13)28-12-14-3-7-15(8-4-14)20(26)27/h3-11H,12H2,1-2H3,(H,26,27). The summed E-state index contributed by atoms with van der Waals surface area (Å²) in [4.78, 5) is 38.1. The fraction of sp³-hybridized carbons (Fsp3) is 0.143. The molecule has 1 aliphatic heterocycles. The summed E-state index contributed by atoms with van der Waals surface area (Å²) in [5.74, 6) is -1.26. The first-order chi connectivity index (χ1) is 13.8. The van der Waals surface area contributed by atoms with Crippen molar-refractivity contribution in [3.8, 4) is 5.75 Å². The van der Waals surface area contributed by atoms with Gasteiger partial charge in [0.05, 0.1) is 5.56 Å². The zero-order valence-corrected chi connectivity index (χ0v) is 16.6. The minimum atomic E-state index is -0.976. The first kappa shape index (κ1) is 20.2. The van der Waals surface area contributed by atoms with Crippen molar-refractivity contribution in [1.29, 1.82) is 0 Å². The Morgan fingerprint density at radius 2 is 1.55 bits per heavy atom. The highest BCUT2D eigenvalue weighted by Gasteiger charge is 2.35. The summed E-state index contributed by atoms with van der Waals surface area (Å²) >= 11 is 5.07. The summed E-state index contributed by atoms with van der Waals surface area (Å²) in [5, 5.41) is 9.08. The first-order valence-electron chi connectivity index (χ1n) is 8.65. The Labute approximate surface area is 172 Å². The smallest absolute Gasteiger partial charge is 0.335 e. The normalized spacial score (nSPS) is 14.3. The van der Waals surface area contributed by atoms with Crippen LogP contribution in [0, 0.1) is 0 Å². The van der Waals surface area contributed by atoms with E-state index in [-0.39, 0.29) is 22.9 Å². The summed E-state index contributed by atoms with van der Waals surface area (Å²) in [7, 11) is 3.06. The second kappa shape index (κ2) is 8.24. The molecule has 148 valence electrons. The van der Waals surface area contributed by atoms with Crippen molar-refractivity contribution >= 4 is 41.2 Å². The number of carboxylic acids is 1. The zero-order chi connectivity index (χ0) is 21.1. The van der Waals surface area contributed by atoms with Crippen LogP contribution in [0.3, 0.4) is 0 Å². The van der Waals surface area contributed by atoms with Gasteiger partial charge in [0.15, 0.2) is 5.11 Å². The molecule has 0 saturated carbocycles. The summed E-state index contributed by atoms with van der Waals surface area (Å²) < 4.78 is 5.69. The van der Waals surface area contributed by atoms with Crippen molar-refractivity contribution in [3.63, 3.8) is 0 Å². The molecule has 3 rings (SSSR count). The molecule has 8 heteroatoms. The second-order valence-corrected chi connectivity index (χ2v) is 6.79. The highest BCUT2D eigenvalue weighted by molar-refractivity contribution is 7.80. The van der Waals surface area contributed by atoms with Gasteiger partial charge in [-0.05, 0) is 53.7 Å². The SMILES string of the molecule is CN1C(=O)C(=Cc2ccc(OCc3ccc(C(=O)O)cc3)cc2)C(=O)N(C)C1=S. The molecule has 0 atom stereocenters. The molecule has 1 saturated heterocycles. The molecule has 0 spiro atoms. The van der Waals surface area contributed by atoms with Gasteiger partial charge in [-0.25, -0.2) is 4.79 Å². The minimum Gasteiger partial charge on any atom is -0.489 e. The molecule has 29 heavy (non-hydrogen) atoms. The maximum atomic E-state index is 12.3. The molecule has 1 N–H and O–H groups in total. The van der Waals surface area contributed by atoms with Crippen molar-refractivity contribution < 1.29 is 24.2 Å². The molecule has 0 unspecified atom stereocenters. The molecule has 2 aromatic rings. The molecule has 0 bridgehead atoms. The number of amides is 2. The molecule has 0 radical (unpaired) electrons. The molecule has 2 aromatic carbocycles. The van der Waals surface area contributed by atoms with Gasteiger partial charge in [-0.1, -0.05) is 24.3 Å². The second-order valence-electron chi connectivity index (χ2n) is 6.43. The number of benzene rings is 2. The number of carbonyl (C=O) groups excluding carboxylic acids is 2. The predicted molar refractivity (Wildman–Crippen MR) is 110 cm³/mol. The Balaban J connectivity index is 1.69. The van der Waals surface area contributed by atoms with Gasteiger partial charge < -0.3 is 9.84 Å². The Hall–Kier alpha value is -3.52. The van der Waals surface area contributed by atoms with Gasteiger partial charge in [-0.2, -0.15) is 0 Å². The third-order valence-corrected chi connectivity index (χ3v) is 4.99. The van der Waals surface area contributed by atoms with E-state index < -0.39 is 17.8 Å². The summed E-state index contributed by atoms with van der Waals surface area (Å²) in [6.45, 7) is 0.282. The molecule has 2 amide bonds. The van der Waals surface area contributed by atoms with Crippen LogP contribution in [0.1, 0.15) is 21.5 Å². The van der Waals surface area contributed by atoms with E-state index in [1.54, 1.807) is 36.4 Å². The van der Waals surface area contributed by atoms with Crippen LogP contribution in [-0.2, 0) is 16.2 Å². The topological polar surface area (TPSA) is 87.1 Å². The van der Waals surface area contributed by atoms with Crippen molar-refractivity contribution in [1.82, 2.24) is 9.80 Å². The van der Waals surface area contributed by atoms with E-state index in [9.17, 15) is 14.4 Å². The van der Waals surface area contributed by atoms with Gasteiger partial charge in [0, 0.05) is 14.1 Å². The third kappa shape index (κ3) is 4.33. The fourth-order valence-electron chi connectivity index (χ4n) is 2.71. The number of carbonyl (C=O) groups is 3. The monoisotopic (exact) mass is 410 g/mol. The van der Waals surface area contributed by atoms with Crippen LogP contribution < -0.4 is 4.74 Å². The molecule has 1 fully saturated rings. The van der Waals surface area contributed by atoms with Crippen molar-refractivity contribution in [2.24, 2.45) is 0 Å². The first-order valence-corrected chi connectivity index (χ1v) is 9.05. The Morgan fingerprint density at radius 3 is 2.07 bits per heavy atom. The number of aromatic carboxylic acids is 1. The Morgan fingerprint density at radius 1 is 1.00 bits per heavy atom. The van der Waals surface area contributed by atoms with E-state index in [1.165, 1.54) is 42.1 Å². The molecule has 0 aromatic heterocycles. The van der Waals surface area contributed by atoms with E-state index >= 15 is 0 Å². The number of thiocarbonyl (C=S) groups is 1. The lowest BCUT2D eigenvalue weighted by Crippen LogP contribution is -2.52. The number of carboxylic acid groups (broad SMARTS) is 1. The summed E-state index contributed by atoms with van der Waals surface area (Å²) in [6, 6.07) is 13.4. The zero-order valence-electron chi connectivity index (χ0n) is 15.8. The number of rotatable bonds is 5. The van der Waals surface area contributed by atoms with E-state index in [2.05, 4.69) is 0 Å². The lowest BCUT2D eigenvalue weighted by Gasteiger charge is -2.31. The maximum Gasteiger partial charge on any atom is 0.335 e. The van der Waals surface area contributed by atoms with E-state index in [4.69, 9.17) is 22.1 Å². The van der Waals surface area contributed by atoms with Crippen molar-refractivity contribution in [3.05, 3.63) is 70.8 Å². The van der Waals surface area contributed by atoms with Crippen LogP contribution >= 0.6 is 12.2 Å². The number of nitrogens with zero attached hydrogens (tertiary/aromatic N) is 2. The van der Waals surface area contributed by atoms with Gasteiger partial charge in [0.1, 0.15) is 17.9 Å². The Bertz CT molecular complexity index is 986. The van der Waals surface area contributed by atoms with Gasteiger partial charge >= 0.3 is 5.97 Å². The van der Waals surface area contributed by atoms with Crippen LogP contribution in [-0.4, -0.2) is 51.9 Å². The van der Waals surface area contributed by atoms with Crippen LogP contribution in [0.5, 0.6) is 5.75 Å². The molecule has 0 aliphatic carbocycles. The largest absolute Gasteiger partial charge is 0.489 e. The van der Waals surface area contributed by atoms with Gasteiger partial charge in [0.2, 0.25) is 0 Å². The number of hydrogen-bond acceptors (Lipinski definition) is 5. The number of ether oxygens (including phenoxy) is 1. The lowest BCUT2D eigenvalue weighted by atomic mass is 10.1. The van der Waals surface area contributed by atoms with E-state index in [0.717, 1.165) is 5.56 Å². The van der Waals surface area contributed by atoms with Crippen LogP contribution in [0.4, 0.5) is 0 Å². The number of hydrogen-bond donors (Lipinski definition) is 1. The van der Waals surface area contributed by atoms with E-state index in [0.29, 0.717) is 11.3 Å². The quantitative estimate of drug-likeness (QED) is 0.463. The molecule has 7 nitrogen and oxygen atoms in total. The molecular formula is C21H18N2O5S. The molecular weight excluding hydrogens is 392 g/mol. The fourth-order valence-corrected chi connectivity index (χ4v) is 2.88. The van der Waals surface area contributed by atoms with E-state index in [1.807, 2.05) is 0 Å². The highest BCUT2D eigenvalue weighted by atomic mass is 32.1. The van der Waals surface area contributed by atoms with Gasteiger partial charge in [-0.3, -0.25) is 19.4 Å². The number of likely N-dealkylation sites (N-methyl/N-ethyl adjacent to an activating group) is 2. The van der Waals surface area contributed by atoms with Crippen LogP contribution in [0.15, 0.2) is 54.1 Å². The van der Waals surface area contributed by atoms with Crippen LogP contribution in [0.2, 0.25) is 0 Å². The van der Waals surface area contributed by atoms with Gasteiger partial charge in [0.25, 0.3) is 11.8 Å². The summed E-state index contributed by atoms with van der Waals surface area (Å²) in [5.41, 5.74) is 1.77. The third-order valence-electron chi connectivity index (χ3n) is 4.44.